The Morgan fingerprint density at radius 2 is 1.94 bits per heavy atom. The Hall–Kier alpha value is -3.19. The zero-order valence-corrected chi connectivity index (χ0v) is 21.3. The van der Waals surface area contributed by atoms with E-state index in [1.807, 2.05) is 30.0 Å². The topological polar surface area (TPSA) is 59.4 Å². The monoisotopic (exact) mass is 476 g/mol. The molecule has 3 aromatic rings. The molecule has 4 rings (SSSR count). The van der Waals surface area contributed by atoms with Crippen molar-refractivity contribution in [2.45, 2.75) is 53.1 Å². The van der Waals surface area contributed by atoms with Crippen LogP contribution in [0.3, 0.4) is 0 Å². The van der Waals surface area contributed by atoms with E-state index in [-0.39, 0.29) is 24.6 Å². The van der Waals surface area contributed by atoms with Crippen LogP contribution in [0, 0.1) is 20.8 Å². The molecule has 3 heterocycles. The molecule has 2 atom stereocenters. The summed E-state index contributed by atoms with van der Waals surface area (Å²) in [7, 11) is 0. The molecule has 2 unspecified atom stereocenters. The second-order valence-electron chi connectivity index (χ2n) is 8.66. The molecule has 0 bridgehead atoms. The number of ether oxygens (including phenoxy) is 1. The van der Waals surface area contributed by atoms with Gasteiger partial charge in [-0.25, -0.2) is 0 Å². The number of carbonyl (C=O) groups excluding carboxylic acids is 1. The molecule has 1 aromatic carbocycles. The van der Waals surface area contributed by atoms with Gasteiger partial charge in [-0.15, -0.1) is 0 Å². The number of thiocarbonyl (C=S) groups is 1. The Bertz CT molecular complexity index is 1200. The van der Waals surface area contributed by atoms with Crippen LogP contribution in [-0.4, -0.2) is 38.7 Å². The fourth-order valence-electron chi connectivity index (χ4n) is 5.02. The van der Waals surface area contributed by atoms with Gasteiger partial charge in [0, 0.05) is 17.6 Å². The normalized spacial score (nSPS) is 17.7. The van der Waals surface area contributed by atoms with Crippen molar-refractivity contribution in [3.05, 3.63) is 82.4 Å². The fraction of sp³-hybridized carbons (Fsp3) is 0.370. The Kier molecular flexibility index (Phi) is 7.03. The summed E-state index contributed by atoms with van der Waals surface area (Å²) in [6.07, 6.45) is 2.74. The van der Waals surface area contributed by atoms with E-state index in [9.17, 15) is 4.79 Å². The summed E-state index contributed by atoms with van der Waals surface area (Å²) >= 11 is 5.71. The number of nitrogens with zero attached hydrogens (tertiary/aromatic N) is 3. The molecule has 7 heteroatoms. The molecular weight excluding hydrogens is 444 g/mol. The van der Waals surface area contributed by atoms with Gasteiger partial charge in [0.2, 0.25) is 0 Å². The second-order valence-corrected chi connectivity index (χ2v) is 9.04. The average Bonchev–Trinajstić information content (AvgIpc) is 3.29. The minimum absolute atomic E-state index is 0.0852. The zero-order valence-electron chi connectivity index (χ0n) is 20.5. The minimum Gasteiger partial charge on any atom is -0.465 e. The third kappa shape index (κ3) is 4.32. The smallest absolute Gasteiger partial charge is 0.325 e. The molecule has 1 N–H and O–H groups in total. The van der Waals surface area contributed by atoms with E-state index in [4.69, 9.17) is 17.0 Å². The second kappa shape index (κ2) is 9.97. The molecule has 34 heavy (non-hydrogen) atoms. The van der Waals surface area contributed by atoms with Crippen LogP contribution in [0.4, 0.5) is 0 Å². The molecule has 0 saturated carbocycles. The Balaban J connectivity index is 1.86. The van der Waals surface area contributed by atoms with Gasteiger partial charge in [0.1, 0.15) is 6.54 Å². The highest BCUT2D eigenvalue weighted by atomic mass is 32.1. The van der Waals surface area contributed by atoms with Crippen LogP contribution < -0.4 is 5.32 Å². The molecule has 1 fully saturated rings. The van der Waals surface area contributed by atoms with Crippen molar-refractivity contribution < 1.29 is 9.53 Å². The summed E-state index contributed by atoms with van der Waals surface area (Å²) in [5.41, 5.74) is 8.05. The van der Waals surface area contributed by atoms with Crippen LogP contribution in [0.2, 0.25) is 0 Å². The largest absolute Gasteiger partial charge is 0.465 e. The first-order valence-electron chi connectivity index (χ1n) is 11.8. The van der Waals surface area contributed by atoms with Crippen molar-refractivity contribution >= 4 is 23.3 Å². The summed E-state index contributed by atoms with van der Waals surface area (Å²) in [5, 5.41) is 3.95. The predicted octanol–water partition coefficient (Wildman–Crippen LogP) is 4.90. The minimum atomic E-state index is -0.292. The number of aromatic nitrogens is 2. The quantitative estimate of drug-likeness (QED) is 0.387. The molecule has 178 valence electrons. The maximum atomic E-state index is 12.5. The van der Waals surface area contributed by atoms with E-state index in [1.165, 1.54) is 16.8 Å². The van der Waals surface area contributed by atoms with Crippen molar-refractivity contribution in [3.8, 4) is 5.69 Å². The third-order valence-corrected chi connectivity index (χ3v) is 6.87. The van der Waals surface area contributed by atoms with Gasteiger partial charge in [-0.05, 0) is 81.2 Å². The highest BCUT2D eigenvalue weighted by Gasteiger charge is 2.42. The van der Waals surface area contributed by atoms with Crippen LogP contribution in [0.5, 0.6) is 0 Å². The highest BCUT2D eigenvalue weighted by molar-refractivity contribution is 7.80. The number of carbonyl (C=O) groups is 1. The van der Waals surface area contributed by atoms with Gasteiger partial charge in [-0.1, -0.05) is 31.2 Å². The highest BCUT2D eigenvalue weighted by Crippen LogP contribution is 2.41. The van der Waals surface area contributed by atoms with Crippen molar-refractivity contribution in [2.75, 3.05) is 13.2 Å². The van der Waals surface area contributed by atoms with E-state index < -0.39 is 0 Å². The van der Waals surface area contributed by atoms with E-state index in [0.717, 1.165) is 29.1 Å². The standard InChI is InChI=1S/C27H32N4O2S/c1-6-20-12-10-11-17(3)25(20)31-18(4)15-21(19(31)5)26-24(22-13-8-9-14-28-22)29-27(34)30(26)16-23(32)33-7-2/h8-15,24,26H,6-7,16H2,1-5H3,(H,29,34). The van der Waals surface area contributed by atoms with E-state index in [0.29, 0.717) is 11.7 Å². The molecule has 6 nitrogen and oxygen atoms in total. The number of aryl methyl sites for hydroxylation is 3. The first-order chi connectivity index (χ1) is 16.4. The number of esters is 1. The number of nitrogens with one attached hydrogen (secondary N) is 1. The van der Waals surface area contributed by atoms with Gasteiger partial charge >= 0.3 is 5.97 Å². The first-order valence-corrected chi connectivity index (χ1v) is 12.2. The number of hydrogen-bond acceptors (Lipinski definition) is 4. The van der Waals surface area contributed by atoms with Crippen molar-refractivity contribution in [1.29, 1.82) is 0 Å². The fourth-order valence-corrected chi connectivity index (χ4v) is 5.32. The summed E-state index contributed by atoms with van der Waals surface area (Å²) < 4.78 is 7.60. The molecule has 0 spiro atoms. The molecular formula is C27H32N4O2S. The Labute approximate surface area is 207 Å². The molecule has 0 radical (unpaired) electrons. The van der Waals surface area contributed by atoms with Gasteiger partial charge in [0.15, 0.2) is 5.11 Å². The number of hydrogen-bond donors (Lipinski definition) is 1. The Morgan fingerprint density at radius 3 is 2.62 bits per heavy atom. The molecule has 2 aromatic heterocycles. The lowest BCUT2D eigenvalue weighted by Crippen LogP contribution is -2.35. The van der Waals surface area contributed by atoms with Gasteiger partial charge in [0.25, 0.3) is 0 Å². The Morgan fingerprint density at radius 1 is 1.15 bits per heavy atom. The van der Waals surface area contributed by atoms with Crippen molar-refractivity contribution in [3.63, 3.8) is 0 Å². The number of benzene rings is 1. The zero-order chi connectivity index (χ0) is 24.4. The lowest BCUT2D eigenvalue weighted by molar-refractivity contribution is -0.143. The van der Waals surface area contributed by atoms with Crippen LogP contribution >= 0.6 is 12.2 Å². The van der Waals surface area contributed by atoms with Gasteiger partial charge in [-0.2, -0.15) is 0 Å². The molecule has 0 aliphatic carbocycles. The van der Waals surface area contributed by atoms with Crippen LogP contribution in [-0.2, 0) is 16.0 Å². The van der Waals surface area contributed by atoms with E-state index in [2.05, 4.69) is 66.8 Å². The summed E-state index contributed by atoms with van der Waals surface area (Å²) in [6.45, 7) is 10.9. The SMILES string of the molecule is CCOC(=O)CN1C(=S)NC(c2ccccn2)C1c1cc(C)n(-c2c(C)cccc2CC)c1C. The average molecular weight is 477 g/mol. The van der Waals surface area contributed by atoms with Gasteiger partial charge in [-0.3, -0.25) is 9.78 Å². The molecule has 1 saturated heterocycles. The van der Waals surface area contributed by atoms with Crippen LogP contribution in [0.25, 0.3) is 5.69 Å². The lowest BCUT2D eigenvalue weighted by Gasteiger charge is -2.27. The third-order valence-electron chi connectivity index (χ3n) is 6.52. The molecule has 1 aliphatic rings. The summed E-state index contributed by atoms with van der Waals surface area (Å²) in [6, 6.07) is 14.2. The van der Waals surface area contributed by atoms with Crippen molar-refractivity contribution in [1.82, 2.24) is 19.8 Å². The lowest BCUT2D eigenvalue weighted by atomic mass is 9.96. The van der Waals surface area contributed by atoms with E-state index in [1.54, 1.807) is 6.20 Å². The number of para-hydroxylation sites is 1. The maximum absolute atomic E-state index is 12.5. The molecule has 1 aliphatic heterocycles. The van der Waals surface area contributed by atoms with Gasteiger partial charge < -0.3 is 19.5 Å². The summed E-state index contributed by atoms with van der Waals surface area (Å²) in [4.78, 5) is 19.0. The van der Waals surface area contributed by atoms with Crippen LogP contribution in [0.1, 0.15) is 59.7 Å². The van der Waals surface area contributed by atoms with E-state index >= 15 is 0 Å². The first kappa shape index (κ1) is 24.0. The van der Waals surface area contributed by atoms with Gasteiger partial charge in [0.05, 0.1) is 30.1 Å². The summed E-state index contributed by atoms with van der Waals surface area (Å²) in [5.74, 6) is -0.292. The maximum Gasteiger partial charge on any atom is 0.325 e. The van der Waals surface area contributed by atoms with Crippen LogP contribution in [0.15, 0.2) is 48.7 Å². The number of pyridine rings is 1. The number of rotatable bonds is 7. The van der Waals surface area contributed by atoms with Crippen molar-refractivity contribution in [2.24, 2.45) is 0 Å². The predicted molar refractivity (Wildman–Crippen MR) is 138 cm³/mol. The molecule has 0 amide bonds.